The van der Waals surface area contributed by atoms with Gasteiger partial charge in [0.25, 0.3) is 5.91 Å². The van der Waals surface area contributed by atoms with E-state index in [0.29, 0.717) is 16.3 Å². The third-order valence-electron chi connectivity index (χ3n) is 3.23. The smallest absolute Gasteiger partial charge is 0.251 e. The van der Waals surface area contributed by atoms with Crippen molar-refractivity contribution < 1.29 is 14.7 Å². The van der Waals surface area contributed by atoms with Crippen LogP contribution < -0.4 is 11.1 Å². The Labute approximate surface area is 142 Å². The van der Waals surface area contributed by atoms with Gasteiger partial charge in [0.1, 0.15) is 5.00 Å². The zero-order valence-electron chi connectivity index (χ0n) is 12.6. The van der Waals surface area contributed by atoms with Crippen LogP contribution in [0.15, 0.2) is 41.8 Å². The number of anilines is 1. The first-order valence-corrected chi connectivity index (χ1v) is 8.94. The highest BCUT2D eigenvalue weighted by Crippen LogP contribution is 2.25. The van der Waals surface area contributed by atoms with E-state index in [1.54, 1.807) is 18.4 Å². The van der Waals surface area contributed by atoms with Crippen LogP contribution in [0.1, 0.15) is 28.9 Å². The fourth-order valence-electron chi connectivity index (χ4n) is 1.90. The van der Waals surface area contributed by atoms with Crippen LogP contribution in [0.3, 0.4) is 0 Å². The Hall–Kier alpha value is -1.83. The van der Waals surface area contributed by atoms with Crippen LogP contribution in [0.5, 0.6) is 0 Å². The minimum absolute atomic E-state index is 0.222. The summed E-state index contributed by atoms with van der Waals surface area (Å²) in [4.78, 5) is 23.4. The molecule has 2 atom stereocenters. The van der Waals surface area contributed by atoms with Gasteiger partial charge in [0.2, 0.25) is 5.91 Å². The van der Waals surface area contributed by atoms with Gasteiger partial charge in [0, 0.05) is 5.75 Å². The molecule has 0 bridgehead atoms. The maximum absolute atomic E-state index is 12.2. The average Bonchev–Trinajstić information content (AvgIpc) is 3.01. The maximum Gasteiger partial charge on any atom is 0.251 e. The highest BCUT2D eigenvalue weighted by Gasteiger charge is 2.19. The van der Waals surface area contributed by atoms with E-state index in [1.807, 2.05) is 30.3 Å². The van der Waals surface area contributed by atoms with Gasteiger partial charge in [-0.05, 0) is 23.9 Å². The van der Waals surface area contributed by atoms with E-state index >= 15 is 0 Å². The third kappa shape index (κ3) is 4.82. The molecule has 1 heterocycles. The molecule has 0 aliphatic rings. The summed E-state index contributed by atoms with van der Waals surface area (Å²) in [6.07, 6.45) is -0.626. The van der Waals surface area contributed by atoms with E-state index in [1.165, 1.54) is 23.1 Å². The number of thiophene rings is 1. The van der Waals surface area contributed by atoms with Gasteiger partial charge in [-0.1, -0.05) is 30.3 Å². The fourth-order valence-corrected chi connectivity index (χ4v) is 3.57. The van der Waals surface area contributed by atoms with Gasteiger partial charge in [-0.15, -0.1) is 23.1 Å². The molecule has 0 saturated carbocycles. The van der Waals surface area contributed by atoms with Crippen LogP contribution in [0.2, 0.25) is 0 Å². The van der Waals surface area contributed by atoms with E-state index in [0.717, 1.165) is 5.56 Å². The quantitative estimate of drug-likeness (QED) is 0.716. The minimum Gasteiger partial charge on any atom is -0.388 e. The van der Waals surface area contributed by atoms with Crippen LogP contribution >= 0.6 is 23.1 Å². The molecule has 1 aromatic heterocycles. The highest BCUT2D eigenvalue weighted by molar-refractivity contribution is 8.00. The summed E-state index contributed by atoms with van der Waals surface area (Å²) in [5.74, 6) is -0.382. The lowest BCUT2D eigenvalue weighted by Gasteiger charge is -2.15. The number of aliphatic hydroxyl groups is 1. The Balaban J connectivity index is 1.88. The molecule has 122 valence electrons. The topological polar surface area (TPSA) is 92.4 Å². The van der Waals surface area contributed by atoms with Gasteiger partial charge in [-0.3, -0.25) is 9.59 Å². The van der Waals surface area contributed by atoms with Crippen LogP contribution in [-0.4, -0.2) is 27.9 Å². The number of carbonyl (C=O) groups excluding carboxylic acids is 2. The largest absolute Gasteiger partial charge is 0.388 e. The fraction of sp³-hybridized carbons (Fsp3) is 0.250. The molecule has 0 fully saturated rings. The number of nitrogens with two attached hydrogens (primary N) is 1. The Morgan fingerprint density at radius 2 is 2.00 bits per heavy atom. The van der Waals surface area contributed by atoms with Crippen molar-refractivity contribution in [2.45, 2.75) is 18.3 Å². The monoisotopic (exact) mass is 350 g/mol. The summed E-state index contributed by atoms with van der Waals surface area (Å²) in [6, 6.07) is 10.9. The van der Waals surface area contributed by atoms with E-state index in [4.69, 9.17) is 5.73 Å². The van der Waals surface area contributed by atoms with E-state index < -0.39 is 12.0 Å². The van der Waals surface area contributed by atoms with Gasteiger partial charge in [-0.25, -0.2) is 0 Å². The normalized spacial score (nSPS) is 13.3. The lowest BCUT2D eigenvalue weighted by Crippen LogP contribution is -2.24. The molecule has 23 heavy (non-hydrogen) atoms. The molecular weight excluding hydrogens is 332 g/mol. The van der Waals surface area contributed by atoms with Gasteiger partial charge in [-0.2, -0.15) is 0 Å². The van der Waals surface area contributed by atoms with Gasteiger partial charge in [0.05, 0.1) is 16.9 Å². The molecule has 0 radical (unpaired) electrons. The molecule has 4 N–H and O–H groups in total. The second-order valence-electron chi connectivity index (χ2n) is 4.92. The summed E-state index contributed by atoms with van der Waals surface area (Å²) in [5, 5.41) is 14.6. The lowest BCUT2D eigenvalue weighted by atomic mass is 10.1. The molecule has 2 rings (SSSR count). The van der Waals surface area contributed by atoms with Crippen molar-refractivity contribution in [1.82, 2.24) is 0 Å². The first-order chi connectivity index (χ1) is 11.0. The van der Waals surface area contributed by atoms with Crippen molar-refractivity contribution in [1.29, 1.82) is 0 Å². The number of hydrogen-bond donors (Lipinski definition) is 3. The summed E-state index contributed by atoms with van der Waals surface area (Å²) in [5.41, 5.74) is 6.38. The number of nitrogens with one attached hydrogen (secondary N) is 1. The standard InChI is InChI=1S/C16H18N2O3S2/c1-10(23-9-13(19)11-5-3-2-4-6-11)15(21)18-16-12(14(17)20)7-8-22-16/h2-8,10,13,19H,9H2,1H3,(H2,17,20)(H,18,21). The third-order valence-corrected chi connectivity index (χ3v) is 5.28. The molecule has 0 saturated heterocycles. The summed E-state index contributed by atoms with van der Waals surface area (Å²) < 4.78 is 0. The van der Waals surface area contributed by atoms with Crippen molar-refractivity contribution in [3.05, 3.63) is 52.9 Å². The van der Waals surface area contributed by atoms with Crippen molar-refractivity contribution in [3.8, 4) is 0 Å². The second kappa shape index (κ2) is 8.14. The number of hydrogen-bond acceptors (Lipinski definition) is 5. The van der Waals surface area contributed by atoms with Crippen molar-refractivity contribution >= 4 is 39.9 Å². The summed E-state index contributed by atoms with van der Waals surface area (Å²) in [7, 11) is 0. The lowest BCUT2D eigenvalue weighted by molar-refractivity contribution is -0.115. The Morgan fingerprint density at radius 3 is 2.65 bits per heavy atom. The molecule has 7 heteroatoms. The number of amides is 2. The first kappa shape index (κ1) is 17.5. The molecule has 0 aliphatic carbocycles. The molecule has 2 unspecified atom stereocenters. The number of aliphatic hydroxyl groups excluding tert-OH is 1. The van der Waals surface area contributed by atoms with E-state index in [-0.39, 0.29) is 11.2 Å². The van der Waals surface area contributed by atoms with Gasteiger partial charge in [0.15, 0.2) is 0 Å². The van der Waals surface area contributed by atoms with Crippen molar-refractivity contribution in [3.63, 3.8) is 0 Å². The first-order valence-electron chi connectivity index (χ1n) is 7.01. The number of primary amides is 1. The predicted octanol–water partition coefficient (Wildman–Crippen LogP) is 2.64. The average molecular weight is 350 g/mol. The van der Waals surface area contributed by atoms with Gasteiger partial charge >= 0.3 is 0 Å². The number of rotatable bonds is 7. The summed E-state index contributed by atoms with van der Waals surface area (Å²) >= 11 is 2.60. The Bertz CT molecular complexity index is 673. The second-order valence-corrected chi connectivity index (χ2v) is 7.21. The van der Waals surface area contributed by atoms with E-state index in [9.17, 15) is 14.7 Å². The molecule has 0 aliphatic heterocycles. The van der Waals surface area contributed by atoms with Crippen molar-refractivity contribution in [2.75, 3.05) is 11.1 Å². The molecule has 2 amide bonds. The molecule has 0 spiro atoms. The van der Waals surface area contributed by atoms with Crippen LogP contribution in [-0.2, 0) is 4.79 Å². The van der Waals surface area contributed by atoms with Crippen LogP contribution in [0.25, 0.3) is 0 Å². The predicted molar refractivity (Wildman–Crippen MR) is 94.8 cm³/mol. The zero-order chi connectivity index (χ0) is 16.8. The van der Waals surface area contributed by atoms with Crippen molar-refractivity contribution in [2.24, 2.45) is 5.73 Å². The SMILES string of the molecule is CC(SCC(O)c1ccccc1)C(=O)Nc1sccc1C(N)=O. The van der Waals surface area contributed by atoms with E-state index in [2.05, 4.69) is 5.32 Å². The van der Waals surface area contributed by atoms with Crippen LogP contribution in [0, 0.1) is 0 Å². The number of thioether (sulfide) groups is 1. The molecule has 1 aromatic carbocycles. The van der Waals surface area contributed by atoms with Crippen LogP contribution in [0.4, 0.5) is 5.00 Å². The molecular formula is C16H18N2O3S2. The number of benzene rings is 1. The number of carbonyl (C=O) groups is 2. The zero-order valence-corrected chi connectivity index (χ0v) is 14.2. The minimum atomic E-state index is -0.626. The summed E-state index contributed by atoms with van der Waals surface area (Å²) in [6.45, 7) is 1.76. The van der Waals surface area contributed by atoms with Gasteiger partial charge < -0.3 is 16.2 Å². The Morgan fingerprint density at radius 1 is 1.30 bits per heavy atom. The molecule has 2 aromatic rings. The molecule has 5 nitrogen and oxygen atoms in total. The Kier molecular flexibility index (Phi) is 6.20. The maximum atomic E-state index is 12.2. The highest BCUT2D eigenvalue weighted by atomic mass is 32.2.